The second kappa shape index (κ2) is 40.3. The van der Waals surface area contributed by atoms with E-state index in [4.69, 9.17) is 14.2 Å². The summed E-state index contributed by atoms with van der Waals surface area (Å²) < 4.78 is 17.1. The first kappa shape index (κ1) is 54.5. The first-order valence-electron chi connectivity index (χ1n) is 22.6. The van der Waals surface area contributed by atoms with E-state index in [1.807, 2.05) is 0 Å². The number of carboxylic acid groups (broad SMARTS) is 1. The van der Waals surface area contributed by atoms with Gasteiger partial charge in [-0.15, -0.1) is 0 Å². The van der Waals surface area contributed by atoms with E-state index in [-0.39, 0.29) is 42.7 Å². The molecule has 0 fully saturated rings. The number of carboxylic acids is 1. The average molecular weight is 810 g/mol. The summed E-state index contributed by atoms with van der Waals surface area (Å²) in [6, 6.07) is -0.735. The molecule has 0 spiro atoms. The molecule has 0 aromatic carbocycles. The van der Waals surface area contributed by atoms with Gasteiger partial charge < -0.3 is 28.6 Å². The fraction of sp³-hybridized carbons (Fsp3) is 0.660. The van der Waals surface area contributed by atoms with Crippen molar-refractivity contribution in [2.45, 2.75) is 174 Å². The monoisotopic (exact) mass is 810 g/mol. The third kappa shape index (κ3) is 38.1. The standard InChI is InChI=1S/C50H83NO7/c1-6-8-10-12-14-16-18-20-21-22-23-24-25-26-27-28-29-31-32-34-36-38-40-48(52)57-45-46(44-56-43-42-47(50(54)55)51(3,4)5)58-49(53)41-39-37-35-33-30-19-17-15-13-11-9-7-2/h8-11,14-17,20-21,23-24,26-27,46-47H,6-7,12-13,18-19,22,25,28-45H2,1-5H3/b10-8+,11-9+,16-14+,17-15+,21-20+,24-23+,27-26+. The highest BCUT2D eigenvalue weighted by Crippen LogP contribution is 2.13. The quantitative estimate of drug-likeness (QED) is 0.0264. The molecule has 0 saturated heterocycles. The number of aliphatic carboxylic acids is 1. The van der Waals surface area contributed by atoms with Gasteiger partial charge in [-0.05, 0) is 83.5 Å². The Labute approximate surface area is 354 Å². The van der Waals surface area contributed by atoms with Crippen LogP contribution in [0.4, 0.5) is 0 Å². The topological polar surface area (TPSA) is 102 Å². The molecule has 8 nitrogen and oxygen atoms in total. The Morgan fingerprint density at radius 2 is 0.914 bits per heavy atom. The summed E-state index contributed by atoms with van der Waals surface area (Å²) >= 11 is 0. The van der Waals surface area contributed by atoms with Crippen molar-refractivity contribution in [2.75, 3.05) is 41.0 Å². The van der Waals surface area contributed by atoms with Crippen LogP contribution in [0, 0.1) is 0 Å². The number of esters is 2. The largest absolute Gasteiger partial charge is 0.544 e. The maximum atomic E-state index is 12.7. The van der Waals surface area contributed by atoms with Gasteiger partial charge in [-0.1, -0.05) is 144 Å². The van der Waals surface area contributed by atoms with E-state index >= 15 is 0 Å². The number of ether oxygens (including phenoxy) is 3. The van der Waals surface area contributed by atoms with Crippen LogP contribution >= 0.6 is 0 Å². The average Bonchev–Trinajstić information content (AvgIpc) is 3.18. The van der Waals surface area contributed by atoms with Crippen molar-refractivity contribution in [3.63, 3.8) is 0 Å². The maximum absolute atomic E-state index is 12.7. The predicted octanol–water partition coefficient (Wildman–Crippen LogP) is 11.2. The van der Waals surface area contributed by atoms with Gasteiger partial charge in [-0.3, -0.25) is 9.59 Å². The SMILES string of the molecule is CC/C=C/C/C=C/C/C=C/C/C=C/C/C=C/CCCCCCCCC(=O)OCC(COCCC(C(=O)[O-])[N+](C)(C)C)OC(=O)CCCCCCC/C=C/C/C=C/CC. The highest BCUT2D eigenvalue weighted by atomic mass is 16.6. The Morgan fingerprint density at radius 1 is 0.517 bits per heavy atom. The van der Waals surface area contributed by atoms with Gasteiger partial charge >= 0.3 is 11.9 Å². The Morgan fingerprint density at radius 3 is 1.34 bits per heavy atom. The van der Waals surface area contributed by atoms with E-state index in [0.717, 1.165) is 116 Å². The second-order valence-corrected chi connectivity index (χ2v) is 15.9. The number of quaternary nitrogens is 1. The molecule has 58 heavy (non-hydrogen) atoms. The van der Waals surface area contributed by atoms with Crippen LogP contribution in [0.5, 0.6) is 0 Å². The molecule has 2 unspecified atom stereocenters. The molecule has 0 aliphatic heterocycles. The summed E-state index contributed by atoms with van der Waals surface area (Å²) in [4.78, 5) is 36.8. The van der Waals surface area contributed by atoms with Gasteiger partial charge in [0, 0.05) is 19.3 Å². The molecule has 330 valence electrons. The van der Waals surface area contributed by atoms with Crippen LogP contribution in [0.2, 0.25) is 0 Å². The molecule has 0 aromatic rings. The summed E-state index contributed by atoms with van der Waals surface area (Å²) in [5, 5.41) is 11.6. The summed E-state index contributed by atoms with van der Waals surface area (Å²) in [7, 11) is 5.39. The Kier molecular flexibility index (Phi) is 37.9. The van der Waals surface area contributed by atoms with Crippen molar-refractivity contribution < 1.29 is 38.2 Å². The lowest BCUT2D eigenvalue weighted by atomic mass is 10.1. The van der Waals surface area contributed by atoms with Crippen molar-refractivity contribution in [3.05, 3.63) is 85.1 Å². The molecule has 0 rings (SSSR count). The van der Waals surface area contributed by atoms with Crippen LogP contribution in [0.1, 0.15) is 162 Å². The van der Waals surface area contributed by atoms with Crippen LogP contribution in [0.15, 0.2) is 85.1 Å². The Bertz CT molecular complexity index is 1220. The van der Waals surface area contributed by atoms with Crippen LogP contribution in [-0.4, -0.2) is 75.5 Å². The number of carbonyl (C=O) groups is 3. The van der Waals surface area contributed by atoms with Crippen molar-refractivity contribution >= 4 is 17.9 Å². The van der Waals surface area contributed by atoms with E-state index in [1.165, 1.54) is 12.8 Å². The molecule has 0 bridgehead atoms. The number of rotatable bonds is 39. The second-order valence-electron chi connectivity index (χ2n) is 15.9. The number of nitrogens with zero attached hydrogens (tertiary/aromatic N) is 1. The number of hydrogen-bond acceptors (Lipinski definition) is 7. The lowest BCUT2D eigenvalue weighted by Crippen LogP contribution is -2.55. The first-order chi connectivity index (χ1) is 28.1. The van der Waals surface area contributed by atoms with E-state index in [1.54, 1.807) is 21.1 Å². The van der Waals surface area contributed by atoms with Crippen LogP contribution < -0.4 is 5.11 Å². The number of hydrogen-bond donors (Lipinski definition) is 0. The molecule has 0 aromatic heterocycles. The Hall–Kier alpha value is -3.49. The van der Waals surface area contributed by atoms with Gasteiger partial charge in [-0.25, -0.2) is 0 Å². The molecule has 8 heteroatoms. The molecule has 0 N–H and O–H groups in total. The predicted molar refractivity (Wildman–Crippen MR) is 240 cm³/mol. The highest BCUT2D eigenvalue weighted by molar-refractivity contribution is 5.70. The zero-order valence-electron chi connectivity index (χ0n) is 37.4. The summed E-state index contributed by atoms with van der Waals surface area (Å²) in [6.45, 7) is 4.39. The minimum Gasteiger partial charge on any atom is -0.544 e. The maximum Gasteiger partial charge on any atom is 0.306 e. The molecular weight excluding hydrogens is 727 g/mol. The molecule has 2 atom stereocenters. The van der Waals surface area contributed by atoms with E-state index in [2.05, 4.69) is 98.9 Å². The fourth-order valence-corrected chi connectivity index (χ4v) is 6.07. The summed E-state index contributed by atoms with van der Waals surface area (Å²) in [6.07, 6.45) is 51.8. The minimum absolute atomic E-state index is 0.0251. The number of allylic oxidation sites excluding steroid dienone is 14. The van der Waals surface area contributed by atoms with Gasteiger partial charge in [0.05, 0.1) is 40.3 Å². The molecule has 0 radical (unpaired) electrons. The zero-order chi connectivity index (χ0) is 42.8. The van der Waals surface area contributed by atoms with Crippen molar-refractivity contribution in [1.29, 1.82) is 0 Å². The van der Waals surface area contributed by atoms with Crippen LogP contribution in [0.3, 0.4) is 0 Å². The minimum atomic E-state index is -1.13. The summed E-state index contributed by atoms with van der Waals surface area (Å²) in [5.41, 5.74) is 0. The first-order valence-corrected chi connectivity index (χ1v) is 22.6. The molecular formula is C50H83NO7. The number of carbonyl (C=O) groups excluding carboxylic acids is 3. The normalized spacial score (nSPS) is 13.7. The van der Waals surface area contributed by atoms with Crippen LogP contribution in [-0.2, 0) is 28.6 Å². The fourth-order valence-electron chi connectivity index (χ4n) is 6.07. The van der Waals surface area contributed by atoms with Gasteiger partial charge in [0.25, 0.3) is 0 Å². The van der Waals surface area contributed by atoms with Crippen molar-refractivity contribution in [3.8, 4) is 0 Å². The van der Waals surface area contributed by atoms with E-state index in [9.17, 15) is 19.5 Å². The molecule has 0 amide bonds. The molecule has 0 aliphatic rings. The molecule has 0 heterocycles. The van der Waals surface area contributed by atoms with Gasteiger partial charge in [0.2, 0.25) is 0 Å². The van der Waals surface area contributed by atoms with Crippen molar-refractivity contribution in [1.82, 2.24) is 0 Å². The van der Waals surface area contributed by atoms with Gasteiger partial charge in [0.1, 0.15) is 12.6 Å². The molecule has 0 saturated carbocycles. The Balaban J connectivity index is 4.33. The van der Waals surface area contributed by atoms with E-state index < -0.39 is 18.1 Å². The van der Waals surface area contributed by atoms with Crippen LogP contribution in [0.25, 0.3) is 0 Å². The smallest absolute Gasteiger partial charge is 0.306 e. The lowest BCUT2D eigenvalue weighted by Gasteiger charge is -2.34. The van der Waals surface area contributed by atoms with E-state index in [0.29, 0.717) is 12.8 Å². The molecule has 0 aliphatic carbocycles. The third-order valence-corrected chi connectivity index (χ3v) is 9.53. The third-order valence-electron chi connectivity index (χ3n) is 9.53. The van der Waals surface area contributed by atoms with Gasteiger partial charge in [-0.2, -0.15) is 0 Å². The highest BCUT2D eigenvalue weighted by Gasteiger charge is 2.25. The lowest BCUT2D eigenvalue weighted by molar-refractivity contribution is -0.889. The number of likely N-dealkylation sites (N-methyl/N-ethyl adjacent to an activating group) is 1. The van der Waals surface area contributed by atoms with Crippen molar-refractivity contribution in [2.24, 2.45) is 0 Å². The van der Waals surface area contributed by atoms with Gasteiger partial charge in [0.15, 0.2) is 6.10 Å². The zero-order valence-corrected chi connectivity index (χ0v) is 37.4. The number of unbranched alkanes of at least 4 members (excludes halogenated alkanes) is 11. The summed E-state index contributed by atoms with van der Waals surface area (Å²) in [5.74, 6) is -1.78.